The van der Waals surface area contributed by atoms with Crippen LogP contribution in [0.25, 0.3) is 0 Å². The molecule has 31 heavy (non-hydrogen) atoms. The number of fused-ring (bicyclic) bond motifs is 1. The number of likely N-dealkylation sites (tertiary alicyclic amines) is 1. The zero-order valence-corrected chi connectivity index (χ0v) is 17.4. The van der Waals surface area contributed by atoms with Gasteiger partial charge in [0.1, 0.15) is 0 Å². The summed E-state index contributed by atoms with van der Waals surface area (Å²) in [5, 5.41) is 10.8. The Bertz CT molecular complexity index is 918. The largest absolute Gasteiger partial charge is 0.581 e. The van der Waals surface area contributed by atoms with Gasteiger partial charge in [-0.15, -0.1) is 0 Å². The number of hydrogen-bond donors (Lipinski definition) is 1. The van der Waals surface area contributed by atoms with Crippen LogP contribution in [-0.4, -0.2) is 63.1 Å². The highest BCUT2D eigenvalue weighted by Crippen LogP contribution is 2.39. The van der Waals surface area contributed by atoms with Crippen molar-refractivity contribution in [2.45, 2.75) is 45.1 Å². The number of carbonyl (C=O) groups excluding carboxylic acids is 1. The predicted octanol–water partition coefficient (Wildman–Crippen LogP) is 1.84. The lowest BCUT2D eigenvalue weighted by Gasteiger charge is -2.42. The summed E-state index contributed by atoms with van der Waals surface area (Å²) in [5.74, 6) is -2.76. The van der Waals surface area contributed by atoms with E-state index in [1.165, 1.54) is 0 Å². The molecule has 4 heterocycles. The summed E-state index contributed by atoms with van der Waals surface area (Å²) < 4.78 is 40.9. The van der Waals surface area contributed by atoms with Crippen molar-refractivity contribution in [3.05, 3.63) is 35.4 Å². The molecule has 0 aromatic carbocycles. The lowest BCUT2D eigenvalue weighted by molar-refractivity contribution is -0.205. The van der Waals surface area contributed by atoms with Crippen molar-refractivity contribution in [1.29, 1.82) is 0 Å². The highest BCUT2D eigenvalue weighted by atomic mass is 19.4. The summed E-state index contributed by atoms with van der Waals surface area (Å²) in [6.45, 7) is 2.77. The van der Waals surface area contributed by atoms with Crippen LogP contribution < -0.4 is 10.4 Å². The number of halogens is 3. The summed E-state index contributed by atoms with van der Waals surface area (Å²) in [5.41, 5.74) is 2.31. The maximum Gasteiger partial charge on any atom is 0.393 e. The van der Waals surface area contributed by atoms with E-state index < -0.39 is 23.9 Å². The normalized spacial score (nSPS) is 24.7. The van der Waals surface area contributed by atoms with Crippen LogP contribution in [0.1, 0.15) is 30.3 Å². The smallest absolute Gasteiger partial charge is 0.393 e. The Morgan fingerprint density at radius 1 is 1.39 bits per heavy atom. The Hall–Kier alpha value is -2.69. The quantitative estimate of drug-likeness (QED) is 0.783. The number of alkyl halides is 3. The van der Waals surface area contributed by atoms with Crippen LogP contribution >= 0.6 is 0 Å². The van der Waals surface area contributed by atoms with Gasteiger partial charge in [-0.3, -0.25) is 4.79 Å². The van der Waals surface area contributed by atoms with E-state index >= 15 is 0 Å². The van der Waals surface area contributed by atoms with Gasteiger partial charge in [-0.25, -0.2) is 9.97 Å². The maximum absolute atomic E-state index is 13.6. The molecule has 1 N–H and O–H groups in total. The molecule has 8 nitrogen and oxygen atoms in total. The first kappa shape index (κ1) is 21.5. The Morgan fingerprint density at radius 3 is 2.90 bits per heavy atom. The zero-order valence-electron chi connectivity index (χ0n) is 17.4. The standard InChI is InChI=1S/C20H25F3N7O/c1-12-7-13-8-24-19(25-9-14-3-5-26-28-14)27-17(13)11-30(12)18(31)15-4-6-29(2)10-16(15)20(21,22)23/h3,5,8,12,15-16H,4,6-7,9-11H2,1-2H3,(H-,24,25,26,27,28)/q-1/t12-,15+,16+/m1/s1. The lowest BCUT2D eigenvalue weighted by atomic mass is 9.83. The predicted molar refractivity (Wildman–Crippen MR) is 106 cm³/mol. The molecule has 0 spiro atoms. The third-order valence-electron chi connectivity index (χ3n) is 6.11. The first-order valence-electron chi connectivity index (χ1n) is 10.3. The number of nitrogens with zero attached hydrogens (tertiary/aromatic N) is 6. The number of piperidine rings is 1. The van der Waals surface area contributed by atoms with Crippen LogP contribution in [0.5, 0.6) is 0 Å². The van der Waals surface area contributed by atoms with E-state index in [2.05, 4.69) is 25.5 Å². The van der Waals surface area contributed by atoms with E-state index in [1.807, 2.05) is 6.92 Å². The Kier molecular flexibility index (Phi) is 5.87. The van der Waals surface area contributed by atoms with E-state index in [4.69, 9.17) is 0 Å². The van der Waals surface area contributed by atoms with E-state index in [9.17, 15) is 18.0 Å². The summed E-state index contributed by atoms with van der Waals surface area (Å²) in [6.07, 6.45) is -0.388. The fourth-order valence-electron chi connectivity index (χ4n) is 4.35. The molecule has 1 amide bonds. The molecule has 1 fully saturated rings. The van der Waals surface area contributed by atoms with Gasteiger partial charge in [0, 0.05) is 24.5 Å². The van der Waals surface area contributed by atoms with Gasteiger partial charge in [0.2, 0.25) is 11.9 Å². The van der Waals surface area contributed by atoms with Gasteiger partial charge in [-0.2, -0.15) is 19.4 Å². The molecule has 168 valence electrons. The second-order valence-corrected chi connectivity index (χ2v) is 8.37. The Labute approximate surface area is 178 Å². The van der Waals surface area contributed by atoms with E-state index in [1.54, 1.807) is 35.3 Å². The third kappa shape index (κ3) is 4.65. The van der Waals surface area contributed by atoms with Crippen molar-refractivity contribution in [2.24, 2.45) is 11.8 Å². The molecule has 1 saturated heterocycles. The molecule has 2 aliphatic rings. The van der Waals surface area contributed by atoms with Crippen LogP contribution in [0.2, 0.25) is 0 Å². The average Bonchev–Trinajstić information content (AvgIpc) is 3.24. The lowest BCUT2D eigenvalue weighted by Crippen LogP contribution is -2.54. The van der Waals surface area contributed by atoms with Crippen LogP contribution in [-0.2, 0) is 24.3 Å². The molecule has 3 atom stereocenters. The monoisotopic (exact) mass is 436 g/mol. The summed E-state index contributed by atoms with van der Waals surface area (Å²) in [6, 6.07) is 1.56. The fraction of sp³-hybridized carbons (Fsp3) is 0.600. The van der Waals surface area contributed by atoms with Crippen LogP contribution in [0.4, 0.5) is 19.1 Å². The van der Waals surface area contributed by atoms with Gasteiger partial charge in [-0.1, -0.05) is 6.07 Å². The third-order valence-corrected chi connectivity index (χ3v) is 6.11. The number of nitrogens with one attached hydrogen (secondary N) is 1. The fourth-order valence-corrected chi connectivity index (χ4v) is 4.35. The van der Waals surface area contributed by atoms with Gasteiger partial charge < -0.3 is 25.3 Å². The molecular weight excluding hydrogens is 411 g/mol. The minimum Gasteiger partial charge on any atom is -0.581 e. The van der Waals surface area contributed by atoms with Gasteiger partial charge in [0.15, 0.2) is 0 Å². The van der Waals surface area contributed by atoms with Crippen molar-refractivity contribution < 1.29 is 18.0 Å². The number of hydrogen-bond acceptors (Lipinski definition) is 6. The number of anilines is 1. The average molecular weight is 436 g/mol. The SMILES string of the molecule is C[C@@H]1Cc2cnc(NCc3cc[n-]n3)nc2CN1C(=O)[C@H]1CCN(C)C[C@@H]1C(F)(F)F. The van der Waals surface area contributed by atoms with Crippen molar-refractivity contribution in [3.8, 4) is 0 Å². The molecule has 0 radical (unpaired) electrons. The first-order chi connectivity index (χ1) is 14.7. The molecule has 0 bridgehead atoms. The van der Waals surface area contributed by atoms with Gasteiger partial charge >= 0.3 is 6.18 Å². The van der Waals surface area contributed by atoms with Gasteiger partial charge in [0.25, 0.3) is 0 Å². The number of carbonyl (C=O) groups is 1. The van der Waals surface area contributed by atoms with Crippen molar-refractivity contribution >= 4 is 11.9 Å². The molecule has 0 unspecified atom stereocenters. The highest BCUT2D eigenvalue weighted by molar-refractivity contribution is 5.80. The Morgan fingerprint density at radius 2 is 2.19 bits per heavy atom. The number of rotatable bonds is 4. The number of aromatic nitrogens is 4. The topological polar surface area (TPSA) is 88.4 Å². The molecule has 11 heteroatoms. The molecule has 0 aliphatic carbocycles. The van der Waals surface area contributed by atoms with E-state index in [-0.39, 0.29) is 25.6 Å². The molecule has 0 saturated carbocycles. The Balaban J connectivity index is 1.50. The zero-order chi connectivity index (χ0) is 22.2. The molecule has 2 aliphatic heterocycles. The van der Waals surface area contributed by atoms with E-state index in [0.29, 0.717) is 31.2 Å². The number of amides is 1. The first-order valence-corrected chi connectivity index (χ1v) is 10.3. The molecule has 4 rings (SSSR count). The van der Waals surface area contributed by atoms with E-state index in [0.717, 1.165) is 11.3 Å². The molecule has 2 aromatic heterocycles. The van der Waals surface area contributed by atoms with Crippen molar-refractivity contribution in [3.63, 3.8) is 0 Å². The van der Waals surface area contributed by atoms with Crippen LogP contribution in [0.3, 0.4) is 0 Å². The molecule has 2 aromatic rings. The minimum atomic E-state index is -4.41. The van der Waals surface area contributed by atoms with Crippen LogP contribution in [0.15, 0.2) is 18.5 Å². The second-order valence-electron chi connectivity index (χ2n) is 8.37. The van der Waals surface area contributed by atoms with Gasteiger partial charge in [-0.05, 0) is 38.9 Å². The molecular formula is C20H25F3N7O-. The maximum atomic E-state index is 13.6. The van der Waals surface area contributed by atoms with Gasteiger partial charge in [0.05, 0.1) is 30.6 Å². The minimum absolute atomic E-state index is 0.153. The summed E-state index contributed by atoms with van der Waals surface area (Å²) in [4.78, 5) is 25.2. The summed E-state index contributed by atoms with van der Waals surface area (Å²) >= 11 is 0. The second kappa shape index (κ2) is 8.45. The van der Waals surface area contributed by atoms with Crippen molar-refractivity contribution in [2.75, 3.05) is 25.5 Å². The summed E-state index contributed by atoms with van der Waals surface area (Å²) in [7, 11) is 1.66. The highest BCUT2D eigenvalue weighted by Gasteiger charge is 2.50. The van der Waals surface area contributed by atoms with Crippen molar-refractivity contribution in [1.82, 2.24) is 30.0 Å². The van der Waals surface area contributed by atoms with Crippen LogP contribution in [0, 0.1) is 11.8 Å².